The highest BCUT2D eigenvalue weighted by atomic mass is 19.4. The van der Waals surface area contributed by atoms with Crippen LogP contribution in [0.5, 0.6) is 11.5 Å². The van der Waals surface area contributed by atoms with Crippen molar-refractivity contribution >= 4 is 5.78 Å². The number of likely N-dealkylation sites (tertiary alicyclic amines) is 1. The number of piperidine rings is 1. The SMILES string of the molecule is COc1cc2c(cc1OC)C(=O)C(CN1CCC(O)CC1)CC2.FC(F)(F)c1ccccc1. The average molecular weight is 466 g/mol. The third kappa shape index (κ3) is 6.48. The number of ketones is 1. The summed E-state index contributed by atoms with van der Waals surface area (Å²) in [6.45, 7) is 2.55. The Hall–Kier alpha value is -2.58. The lowest BCUT2D eigenvalue weighted by Crippen LogP contribution is -2.41. The lowest BCUT2D eigenvalue weighted by Gasteiger charge is -2.33. The molecule has 1 atom stereocenters. The summed E-state index contributed by atoms with van der Waals surface area (Å²) in [5, 5.41) is 9.60. The smallest absolute Gasteiger partial charge is 0.416 e. The summed E-state index contributed by atoms with van der Waals surface area (Å²) in [6, 6.07) is 10.1. The third-order valence-corrected chi connectivity index (χ3v) is 6.14. The molecule has 1 aliphatic carbocycles. The van der Waals surface area contributed by atoms with E-state index in [1.165, 1.54) is 12.1 Å². The molecular formula is C25H30F3NO4. The molecule has 8 heteroatoms. The molecule has 33 heavy (non-hydrogen) atoms. The molecule has 1 heterocycles. The van der Waals surface area contributed by atoms with Gasteiger partial charge in [-0.3, -0.25) is 4.79 Å². The number of ether oxygens (including phenoxy) is 2. The van der Waals surface area contributed by atoms with Crippen LogP contribution in [0, 0.1) is 5.92 Å². The number of aliphatic hydroxyl groups is 1. The fourth-order valence-corrected chi connectivity index (χ4v) is 4.25. The Morgan fingerprint density at radius 1 is 1.00 bits per heavy atom. The van der Waals surface area contributed by atoms with E-state index in [0.29, 0.717) is 11.5 Å². The molecule has 2 aliphatic rings. The van der Waals surface area contributed by atoms with Crippen molar-refractivity contribution in [1.82, 2.24) is 4.90 Å². The number of aryl methyl sites for hydroxylation is 1. The van der Waals surface area contributed by atoms with Crippen molar-refractivity contribution in [1.29, 1.82) is 0 Å². The summed E-state index contributed by atoms with van der Waals surface area (Å²) >= 11 is 0. The summed E-state index contributed by atoms with van der Waals surface area (Å²) in [5.41, 5.74) is 1.23. The maximum atomic E-state index is 12.9. The predicted molar refractivity (Wildman–Crippen MR) is 119 cm³/mol. The molecule has 0 bridgehead atoms. The first-order valence-electron chi connectivity index (χ1n) is 11.0. The van der Waals surface area contributed by atoms with Crippen LogP contribution >= 0.6 is 0 Å². The second-order valence-corrected chi connectivity index (χ2v) is 8.36. The average Bonchev–Trinajstić information content (AvgIpc) is 2.82. The van der Waals surface area contributed by atoms with Crippen LogP contribution in [0.25, 0.3) is 0 Å². The molecule has 180 valence electrons. The van der Waals surface area contributed by atoms with Gasteiger partial charge in [-0.05, 0) is 43.4 Å². The quantitative estimate of drug-likeness (QED) is 0.715. The zero-order valence-corrected chi connectivity index (χ0v) is 18.9. The molecule has 0 aromatic heterocycles. The van der Waals surface area contributed by atoms with Gasteiger partial charge in [-0.15, -0.1) is 0 Å². The number of carbonyl (C=O) groups excluding carboxylic acids is 1. The number of alkyl halides is 3. The number of hydrogen-bond acceptors (Lipinski definition) is 5. The second kappa shape index (κ2) is 11.0. The number of methoxy groups -OCH3 is 2. The molecule has 0 radical (unpaired) electrons. The van der Waals surface area contributed by atoms with E-state index >= 15 is 0 Å². The van der Waals surface area contributed by atoms with Crippen LogP contribution in [0.1, 0.15) is 40.7 Å². The molecule has 5 nitrogen and oxygen atoms in total. The highest BCUT2D eigenvalue weighted by Crippen LogP contribution is 2.36. The number of hydrogen-bond donors (Lipinski definition) is 1. The van der Waals surface area contributed by atoms with E-state index in [1.54, 1.807) is 20.3 Å². The molecule has 1 unspecified atom stereocenters. The molecule has 4 rings (SSSR count). The maximum absolute atomic E-state index is 12.9. The van der Waals surface area contributed by atoms with E-state index < -0.39 is 11.7 Å². The molecule has 2 aromatic carbocycles. The Labute approximate surface area is 192 Å². The van der Waals surface area contributed by atoms with Crippen LogP contribution in [-0.4, -0.2) is 55.7 Å². The lowest BCUT2D eigenvalue weighted by atomic mass is 9.82. The molecule has 1 aliphatic heterocycles. The summed E-state index contributed by atoms with van der Waals surface area (Å²) in [6.07, 6.45) is -0.999. The second-order valence-electron chi connectivity index (χ2n) is 8.36. The van der Waals surface area contributed by atoms with Gasteiger partial charge in [-0.25, -0.2) is 0 Å². The van der Waals surface area contributed by atoms with Crippen LogP contribution in [0.3, 0.4) is 0 Å². The summed E-state index contributed by atoms with van der Waals surface area (Å²) < 4.78 is 46.0. The first-order valence-corrected chi connectivity index (χ1v) is 11.0. The zero-order valence-electron chi connectivity index (χ0n) is 18.9. The Bertz CT molecular complexity index is 925. The Kier molecular flexibility index (Phi) is 8.37. The minimum atomic E-state index is -4.21. The van der Waals surface area contributed by atoms with Crippen molar-refractivity contribution in [3.8, 4) is 11.5 Å². The third-order valence-electron chi connectivity index (χ3n) is 6.14. The van der Waals surface area contributed by atoms with E-state index in [2.05, 4.69) is 4.90 Å². The van der Waals surface area contributed by atoms with Gasteiger partial charge < -0.3 is 19.5 Å². The fraction of sp³-hybridized carbons (Fsp3) is 0.480. The normalized spacial score (nSPS) is 19.3. The monoisotopic (exact) mass is 465 g/mol. The number of halogens is 3. The summed E-state index contributed by atoms with van der Waals surface area (Å²) in [7, 11) is 3.20. The largest absolute Gasteiger partial charge is 0.493 e. The Morgan fingerprint density at radius 2 is 1.61 bits per heavy atom. The number of rotatable bonds is 4. The van der Waals surface area contributed by atoms with Crippen molar-refractivity contribution in [3.05, 3.63) is 59.2 Å². The van der Waals surface area contributed by atoms with Gasteiger partial charge in [0.05, 0.1) is 25.9 Å². The van der Waals surface area contributed by atoms with E-state index in [9.17, 15) is 23.1 Å². The van der Waals surface area contributed by atoms with Gasteiger partial charge in [-0.2, -0.15) is 13.2 Å². The lowest BCUT2D eigenvalue weighted by molar-refractivity contribution is -0.137. The zero-order chi connectivity index (χ0) is 24.0. The Morgan fingerprint density at radius 3 is 2.15 bits per heavy atom. The number of aliphatic hydroxyl groups excluding tert-OH is 1. The molecule has 0 spiro atoms. The van der Waals surface area contributed by atoms with Crippen molar-refractivity contribution in [2.24, 2.45) is 5.92 Å². The van der Waals surface area contributed by atoms with Gasteiger partial charge in [-0.1, -0.05) is 30.3 Å². The standard InChI is InChI=1S/C18H25NO4.C7H5F3/c1-22-16-9-12-3-4-13(11-19-7-5-14(20)6-8-19)18(21)15(12)10-17(16)23-2;8-7(9,10)6-4-2-1-3-5-6/h9-10,13-14,20H,3-8,11H2,1-2H3;1-5H. The fourth-order valence-electron chi connectivity index (χ4n) is 4.25. The van der Waals surface area contributed by atoms with Crippen LogP contribution in [0.15, 0.2) is 42.5 Å². The van der Waals surface area contributed by atoms with Gasteiger partial charge in [0.25, 0.3) is 0 Å². The number of nitrogens with zero attached hydrogens (tertiary/aromatic N) is 1. The molecule has 1 saturated heterocycles. The van der Waals surface area contributed by atoms with E-state index in [-0.39, 0.29) is 17.8 Å². The summed E-state index contributed by atoms with van der Waals surface area (Å²) in [5.74, 6) is 1.54. The summed E-state index contributed by atoms with van der Waals surface area (Å²) in [4.78, 5) is 15.2. The van der Waals surface area contributed by atoms with E-state index in [0.717, 1.165) is 68.6 Å². The van der Waals surface area contributed by atoms with E-state index in [4.69, 9.17) is 9.47 Å². The van der Waals surface area contributed by atoms with Crippen LogP contribution in [-0.2, 0) is 12.6 Å². The first kappa shape index (κ1) is 25.1. The highest BCUT2D eigenvalue weighted by Gasteiger charge is 2.31. The van der Waals surface area contributed by atoms with Crippen molar-refractivity contribution < 1.29 is 32.5 Å². The van der Waals surface area contributed by atoms with Gasteiger partial charge in [0, 0.05) is 31.1 Å². The maximum Gasteiger partial charge on any atom is 0.416 e. The first-order chi connectivity index (χ1) is 15.7. The molecular weight excluding hydrogens is 435 g/mol. The number of benzene rings is 2. The van der Waals surface area contributed by atoms with Gasteiger partial charge >= 0.3 is 6.18 Å². The van der Waals surface area contributed by atoms with Crippen molar-refractivity contribution in [2.75, 3.05) is 33.9 Å². The topological polar surface area (TPSA) is 59.0 Å². The van der Waals surface area contributed by atoms with Gasteiger partial charge in [0.1, 0.15) is 0 Å². The predicted octanol–water partition coefficient (Wildman–Crippen LogP) is 4.61. The highest BCUT2D eigenvalue weighted by molar-refractivity contribution is 6.01. The molecule has 2 aromatic rings. The van der Waals surface area contributed by atoms with E-state index in [1.807, 2.05) is 12.1 Å². The molecule has 1 N–H and O–H groups in total. The minimum absolute atomic E-state index is 0.0378. The van der Waals surface area contributed by atoms with Gasteiger partial charge in [0.2, 0.25) is 0 Å². The number of carbonyl (C=O) groups is 1. The number of fused-ring (bicyclic) bond motifs is 1. The van der Waals surface area contributed by atoms with Crippen LogP contribution in [0.2, 0.25) is 0 Å². The van der Waals surface area contributed by atoms with Crippen LogP contribution < -0.4 is 9.47 Å². The van der Waals surface area contributed by atoms with Crippen molar-refractivity contribution in [2.45, 2.75) is 38.0 Å². The molecule has 0 amide bonds. The number of Topliss-reactive ketones (excluding diaryl/α,β-unsaturated/α-hetero) is 1. The van der Waals surface area contributed by atoms with Crippen LogP contribution in [0.4, 0.5) is 13.2 Å². The molecule has 0 saturated carbocycles. The van der Waals surface area contributed by atoms with Gasteiger partial charge in [0.15, 0.2) is 17.3 Å². The molecule has 1 fully saturated rings. The van der Waals surface area contributed by atoms with Crippen molar-refractivity contribution in [3.63, 3.8) is 0 Å². The minimum Gasteiger partial charge on any atom is -0.493 e. The Balaban J connectivity index is 0.000000257.